The molecule has 3 atom stereocenters. The predicted molar refractivity (Wildman–Crippen MR) is 136 cm³/mol. The summed E-state index contributed by atoms with van der Waals surface area (Å²) in [5.74, 6) is 0.304. The molecule has 2 aromatic heterocycles. The second-order valence-electron chi connectivity index (χ2n) is 9.92. The minimum atomic E-state index is -4.43. The molecule has 3 unspecified atom stereocenters. The zero-order valence-electron chi connectivity index (χ0n) is 21.2. The van der Waals surface area contributed by atoms with Crippen LogP contribution in [0.1, 0.15) is 41.9 Å². The lowest BCUT2D eigenvalue weighted by Crippen LogP contribution is -2.53. The number of nitrogens with zero attached hydrogens (tertiary/aromatic N) is 4. The number of nitrogens with one attached hydrogen (secondary N) is 2. The standard InChI is InChI=1S/C25H29F3N6O3S/c1-4-38(36,37)32-20-11-19(18-13-33(3)24(35)21-17(18)9-10-29-21)31-23-22(20)30-14(2)34(23)12-15-5-7-16(8-6-15)25(26,27)28/h5-8,11,17-18,21,29H,4,9-10,12-13H2,1-3H3,(H,31,32). The number of fused-ring (bicyclic) bond motifs is 2. The van der Waals surface area contributed by atoms with Crippen molar-refractivity contribution in [1.82, 2.24) is 24.8 Å². The number of sulfonamides is 1. The number of amides is 1. The molecule has 2 fully saturated rings. The normalized spacial score (nSPS) is 22.2. The third-order valence-corrected chi connectivity index (χ3v) is 8.75. The number of likely N-dealkylation sites (N-methyl/N-ethyl adjacent to an activating group) is 1. The summed E-state index contributed by atoms with van der Waals surface area (Å²) >= 11 is 0. The third-order valence-electron chi connectivity index (χ3n) is 7.46. The van der Waals surface area contributed by atoms with Crippen molar-refractivity contribution in [2.75, 3.05) is 30.6 Å². The highest BCUT2D eigenvalue weighted by Gasteiger charge is 2.45. The Morgan fingerprint density at radius 2 is 1.89 bits per heavy atom. The summed E-state index contributed by atoms with van der Waals surface area (Å²) in [6.45, 7) is 4.62. The number of halogens is 3. The number of carbonyl (C=O) groups is 1. The first-order valence-electron chi connectivity index (χ1n) is 12.4. The van der Waals surface area contributed by atoms with Gasteiger partial charge in [0, 0.05) is 19.5 Å². The van der Waals surface area contributed by atoms with Crippen LogP contribution >= 0.6 is 0 Å². The zero-order chi connectivity index (χ0) is 27.4. The Balaban J connectivity index is 1.61. The van der Waals surface area contributed by atoms with Crippen molar-refractivity contribution in [2.45, 2.75) is 44.9 Å². The minimum Gasteiger partial charge on any atom is -0.344 e. The van der Waals surface area contributed by atoms with Crippen molar-refractivity contribution in [3.8, 4) is 0 Å². The topological polar surface area (TPSA) is 109 Å². The average Bonchev–Trinajstić information content (AvgIpc) is 3.47. The Kier molecular flexibility index (Phi) is 6.62. The van der Waals surface area contributed by atoms with Crippen LogP contribution in [-0.4, -0.2) is 65.7 Å². The van der Waals surface area contributed by atoms with Gasteiger partial charge in [0.1, 0.15) is 11.3 Å². The van der Waals surface area contributed by atoms with E-state index in [-0.39, 0.29) is 36.1 Å². The number of hydrogen-bond acceptors (Lipinski definition) is 6. The highest BCUT2D eigenvalue weighted by molar-refractivity contribution is 7.92. The van der Waals surface area contributed by atoms with Crippen molar-refractivity contribution in [1.29, 1.82) is 0 Å². The van der Waals surface area contributed by atoms with Crippen LogP contribution in [0.25, 0.3) is 11.2 Å². The summed E-state index contributed by atoms with van der Waals surface area (Å²) in [7, 11) is -1.90. The van der Waals surface area contributed by atoms with Crippen LogP contribution in [0.5, 0.6) is 0 Å². The molecule has 2 saturated heterocycles. The molecule has 0 saturated carbocycles. The van der Waals surface area contributed by atoms with E-state index in [9.17, 15) is 26.4 Å². The van der Waals surface area contributed by atoms with Crippen LogP contribution < -0.4 is 10.0 Å². The number of piperidine rings is 1. The molecule has 0 radical (unpaired) electrons. The van der Waals surface area contributed by atoms with Crippen LogP contribution in [0.2, 0.25) is 0 Å². The van der Waals surface area contributed by atoms with Gasteiger partial charge in [-0.25, -0.2) is 18.4 Å². The zero-order valence-corrected chi connectivity index (χ0v) is 22.0. The lowest BCUT2D eigenvalue weighted by atomic mass is 9.80. The first kappa shape index (κ1) is 26.4. The molecule has 1 amide bonds. The SMILES string of the molecule is CCS(=O)(=O)Nc1cc(C2CN(C)C(=O)C3NCCC32)nc2c1nc(C)n2Cc1ccc(C(F)(F)F)cc1. The van der Waals surface area contributed by atoms with Crippen LogP contribution in [0.15, 0.2) is 30.3 Å². The van der Waals surface area contributed by atoms with Gasteiger partial charge in [-0.2, -0.15) is 13.2 Å². The molecular formula is C25H29F3N6O3S. The van der Waals surface area contributed by atoms with Gasteiger partial charge in [-0.3, -0.25) is 9.52 Å². The van der Waals surface area contributed by atoms with E-state index < -0.39 is 21.8 Å². The van der Waals surface area contributed by atoms with Gasteiger partial charge in [0.05, 0.1) is 35.3 Å². The number of rotatable bonds is 6. The Morgan fingerprint density at radius 1 is 1.18 bits per heavy atom. The molecule has 13 heteroatoms. The average molecular weight is 551 g/mol. The molecule has 1 aromatic carbocycles. The maximum absolute atomic E-state index is 13.0. The summed E-state index contributed by atoms with van der Waals surface area (Å²) in [4.78, 5) is 23.9. The number of aryl methyl sites for hydroxylation is 1. The first-order valence-corrected chi connectivity index (χ1v) is 14.1. The fourth-order valence-electron chi connectivity index (χ4n) is 5.39. The highest BCUT2D eigenvalue weighted by Crippen LogP contribution is 2.39. The second-order valence-corrected chi connectivity index (χ2v) is 11.9. The summed E-state index contributed by atoms with van der Waals surface area (Å²) in [5.41, 5.74) is 1.60. The summed E-state index contributed by atoms with van der Waals surface area (Å²) in [6.07, 6.45) is -3.64. The number of aromatic nitrogens is 3. The van der Waals surface area contributed by atoms with Crippen LogP contribution in [-0.2, 0) is 27.5 Å². The van der Waals surface area contributed by atoms with Gasteiger partial charge in [0.15, 0.2) is 5.65 Å². The maximum atomic E-state index is 13.0. The largest absolute Gasteiger partial charge is 0.416 e. The molecule has 2 N–H and O–H groups in total. The minimum absolute atomic E-state index is 0.00617. The van der Waals surface area contributed by atoms with Crippen molar-refractivity contribution >= 4 is 32.8 Å². The van der Waals surface area contributed by atoms with E-state index in [0.29, 0.717) is 47.0 Å². The van der Waals surface area contributed by atoms with E-state index in [1.54, 1.807) is 29.5 Å². The molecule has 4 heterocycles. The molecule has 0 spiro atoms. The second kappa shape index (κ2) is 9.53. The van der Waals surface area contributed by atoms with Gasteiger partial charge in [-0.15, -0.1) is 0 Å². The van der Waals surface area contributed by atoms with Gasteiger partial charge in [0.25, 0.3) is 0 Å². The van der Waals surface area contributed by atoms with Crippen molar-refractivity contribution in [2.24, 2.45) is 5.92 Å². The fraction of sp³-hybridized carbons (Fsp3) is 0.480. The van der Waals surface area contributed by atoms with E-state index in [2.05, 4.69) is 15.0 Å². The molecule has 5 rings (SSSR count). The van der Waals surface area contributed by atoms with Gasteiger partial charge in [0.2, 0.25) is 15.9 Å². The third kappa shape index (κ3) is 4.84. The van der Waals surface area contributed by atoms with Crippen molar-refractivity contribution in [3.63, 3.8) is 0 Å². The number of likely N-dealkylation sites (tertiary alicyclic amines) is 1. The van der Waals surface area contributed by atoms with Crippen LogP contribution in [0.3, 0.4) is 0 Å². The quantitative estimate of drug-likeness (QED) is 0.488. The summed E-state index contributed by atoms with van der Waals surface area (Å²) < 4.78 is 68.6. The molecule has 2 aliphatic heterocycles. The van der Waals surface area contributed by atoms with Gasteiger partial charge in [-0.05, 0) is 56.5 Å². The molecule has 0 bridgehead atoms. The monoisotopic (exact) mass is 550 g/mol. The molecule has 204 valence electrons. The smallest absolute Gasteiger partial charge is 0.344 e. The highest BCUT2D eigenvalue weighted by atomic mass is 32.2. The maximum Gasteiger partial charge on any atom is 0.416 e. The van der Waals surface area contributed by atoms with Crippen molar-refractivity contribution < 1.29 is 26.4 Å². The lowest BCUT2D eigenvalue weighted by Gasteiger charge is -2.38. The van der Waals surface area contributed by atoms with Crippen LogP contribution in [0.4, 0.5) is 18.9 Å². The number of anilines is 1. The molecule has 0 aliphatic carbocycles. The van der Waals surface area contributed by atoms with E-state index in [0.717, 1.165) is 18.6 Å². The molecule has 9 nitrogen and oxygen atoms in total. The van der Waals surface area contributed by atoms with E-state index in [4.69, 9.17) is 4.98 Å². The predicted octanol–water partition coefficient (Wildman–Crippen LogP) is 3.10. The van der Waals surface area contributed by atoms with Crippen LogP contribution in [0, 0.1) is 12.8 Å². The first-order chi connectivity index (χ1) is 17.9. The van der Waals surface area contributed by atoms with E-state index in [1.165, 1.54) is 19.1 Å². The fourth-order valence-corrected chi connectivity index (χ4v) is 6.03. The lowest BCUT2D eigenvalue weighted by molar-refractivity contribution is -0.138. The van der Waals surface area contributed by atoms with E-state index >= 15 is 0 Å². The number of pyridine rings is 1. The summed E-state index contributed by atoms with van der Waals surface area (Å²) in [6, 6.07) is 6.26. The number of benzene rings is 1. The molecule has 38 heavy (non-hydrogen) atoms. The number of hydrogen-bond donors (Lipinski definition) is 2. The Bertz CT molecular complexity index is 1490. The molecule has 2 aliphatic rings. The molecular weight excluding hydrogens is 521 g/mol. The van der Waals surface area contributed by atoms with Gasteiger partial charge in [-0.1, -0.05) is 12.1 Å². The number of alkyl halides is 3. The Hall–Kier alpha value is -3.19. The Labute approximate surface area is 218 Å². The van der Waals surface area contributed by atoms with Gasteiger partial charge >= 0.3 is 6.18 Å². The number of carbonyl (C=O) groups excluding carboxylic acids is 1. The Morgan fingerprint density at radius 3 is 2.55 bits per heavy atom. The van der Waals surface area contributed by atoms with Gasteiger partial charge < -0.3 is 14.8 Å². The molecule has 3 aromatic rings. The summed E-state index contributed by atoms with van der Waals surface area (Å²) in [5, 5.41) is 3.27. The van der Waals surface area contributed by atoms with E-state index in [1.807, 2.05) is 0 Å². The van der Waals surface area contributed by atoms with Crippen molar-refractivity contribution in [3.05, 3.63) is 53.0 Å². The number of imidazole rings is 1.